The van der Waals surface area contributed by atoms with Gasteiger partial charge in [-0.25, -0.2) is 4.98 Å². The Hall–Kier alpha value is -2.61. The molecular formula is C14H14N4O. The Kier molecular flexibility index (Phi) is 3.62. The van der Waals surface area contributed by atoms with Crippen LogP contribution in [0.4, 0.5) is 5.82 Å². The zero-order valence-electron chi connectivity index (χ0n) is 10.8. The lowest BCUT2D eigenvalue weighted by molar-refractivity contribution is -0.126. The summed E-state index contributed by atoms with van der Waals surface area (Å²) in [6.45, 7) is 0.118. The van der Waals surface area contributed by atoms with Gasteiger partial charge in [-0.1, -0.05) is 18.2 Å². The van der Waals surface area contributed by atoms with Crippen LogP contribution in [0.25, 0.3) is 10.9 Å². The van der Waals surface area contributed by atoms with Crippen LogP contribution in [0.2, 0.25) is 0 Å². The largest absolute Gasteiger partial charge is 0.360 e. The molecule has 0 bridgehead atoms. The molecule has 0 saturated carbocycles. The number of aromatic nitrogens is 1. The number of amides is 1. The number of para-hydroxylation sites is 1. The number of likely N-dealkylation sites (N-methyl/N-ethyl adjacent to an activating group) is 1. The zero-order valence-corrected chi connectivity index (χ0v) is 10.8. The lowest BCUT2D eigenvalue weighted by atomic mass is 10.1. The molecule has 1 amide bonds. The van der Waals surface area contributed by atoms with E-state index in [0.717, 1.165) is 10.9 Å². The van der Waals surface area contributed by atoms with E-state index in [1.807, 2.05) is 24.3 Å². The van der Waals surface area contributed by atoms with E-state index in [4.69, 9.17) is 5.26 Å². The highest BCUT2D eigenvalue weighted by Crippen LogP contribution is 2.19. The van der Waals surface area contributed by atoms with E-state index in [1.165, 1.54) is 4.90 Å². The van der Waals surface area contributed by atoms with Crippen LogP contribution < -0.4 is 5.32 Å². The molecular weight excluding hydrogens is 240 g/mol. The van der Waals surface area contributed by atoms with Gasteiger partial charge in [-0.3, -0.25) is 4.79 Å². The van der Waals surface area contributed by atoms with E-state index in [2.05, 4.69) is 16.4 Å². The fourth-order valence-electron chi connectivity index (χ4n) is 1.65. The third-order valence-electron chi connectivity index (χ3n) is 2.75. The number of benzene rings is 1. The second-order valence-electron chi connectivity index (χ2n) is 4.33. The number of hydrogen-bond donors (Lipinski definition) is 1. The van der Waals surface area contributed by atoms with Crippen molar-refractivity contribution < 1.29 is 4.79 Å². The molecule has 1 aromatic carbocycles. The summed E-state index contributed by atoms with van der Waals surface area (Å²) in [6.07, 6.45) is 0. The summed E-state index contributed by atoms with van der Waals surface area (Å²) < 4.78 is 0. The first kappa shape index (κ1) is 12.8. The monoisotopic (exact) mass is 254 g/mol. The Balaban J connectivity index is 2.31. The van der Waals surface area contributed by atoms with Crippen LogP contribution in [0.3, 0.4) is 0 Å². The molecule has 0 radical (unpaired) electrons. The molecule has 0 spiro atoms. The van der Waals surface area contributed by atoms with E-state index < -0.39 is 0 Å². The van der Waals surface area contributed by atoms with Crippen LogP contribution in [0.5, 0.6) is 0 Å². The molecule has 0 atom stereocenters. The summed E-state index contributed by atoms with van der Waals surface area (Å²) in [5, 5.41) is 12.9. The lowest BCUT2D eigenvalue weighted by Crippen LogP contribution is -2.29. The highest BCUT2D eigenvalue weighted by molar-refractivity contribution is 5.84. The van der Waals surface area contributed by atoms with Crippen LogP contribution in [-0.4, -0.2) is 36.4 Å². The lowest BCUT2D eigenvalue weighted by Gasteiger charge is -2.12. The first-order chi connectivity index (χ1) is 9.11. The standard InChI is InChI=1S/C14H14N4O/c1-18(2)13(19)9-16-14-11(8-15)7-10-5-3-4-6-12(10)17-14/h3-7H,9H2,1-2H3,(H,16,17). The zero-order chi connectivity index (χ0) is 13.8. The van der Waals surface area contributed by atoms with Crippen LogP contribution in [0.1, 0.15) is 5.56 Å². The van der Waals surface area contributed by atoms with Crippen molar-refractivity contribution in [1.29, 1.82) is 5.26 Å². The van der Waals surface area contributed by atoms with Gasteiger partial charge >= 0.3 is 0 Å². The molecule has 19 heavy (non-hydrogen) atoms. The van der Waals surface area contributed by atoms with Crippen molar-refractivity contribution in [3.63, 3.8) is 0 Å². The summed E-state index contributed by atoms with van der Waals surface area (Å²) >= 11 is 0. The molecule has 0 saturated heterocycles. The van der Waals surface area contributed by atoms with Gasteiger partial charge in [-0.15, -0.1) is 0 Å². The van der Waals surface area contributed by atoms with Crippen molar-refractivity contribution in [2.75, 3.05) is 26.0 Å². The summed E-state index contributed by atoms with van der Waals surface area (Å²) in [5.41, 5.74) is 1.23. The van der Waals surface area contributed by atoms with Gasteiger partial charge in [0, 0.05) is 19.5 Å². The van der Waals surface area contributed by atoms with Gasteiger partial charge in [0.15, 0.2) is 0 Å². The molecule has 0 aliphatic rings. The van der Waals surface area contributed by atoms with Crippen molar-refractivity contribution >= 4 is 22.6 Å². The Bertz CT molecular complexity index is 658. The van der Waals surface area contributed by atoms with Gasteiger partial charge < -0.3 is 10.2 Å². The first-order valence-corrected chi connectivity index (χ1v) is 5.85. The van der Waals surface area contributed by atoms with Gasteiger partial charge in [-0.05, 0) is 12.1 Å². The Labute approximate surface area is 111 Å². The maximum atomic E-state index is 11.5. The third-order valence-corrected chi connectivity index (χ3v) is 2.75. The van der Waals surface area contributed by atoms with Gasteiger partial charge in [0.05, 0.1) is 17.6 Å². The molecule has 0 fully saturated rings. The summed E-state index contributed by atoms with van der Waals surface area (Å²) in [7, 11) is 3.37. The summed E-state index contributed by atoms with van der Waals surface area (Å²) in [6, 6.07) is 11.4. The minimum Gasteiger partial charge on any atom is -0.360 e. The maximum Gasteiger partial charge on any atom is 0.241 e. The molecule has 2 rings (SSSR count). The minimum absolute atomic E-state index is 0.0705. The number of pyridine rings is 1. The first-order valence-electron chi connectivity index (χ1n) is 5.85. The topological polar surface area (TPSA) is 69.0 Å². The quantitative estimate of drug-likeness (QED) is 0.903. The third kappa shape index (κ3) is 2.80. The van der Waals surface area contributed by atoms with Gasteiger partial charge in [0.25, 0.3) is 0 Å². The number of carbonyl (C=O) groups excluding carboxylic acids is 1. The SMILES string of the molecule is CN(C)C(=O)CNc1nc2ccccc2cc1C#N. The van der Waals surface area contributed by atoms with Crippen molar-refractivity contribution in [3.05, 3.63) is 35.9 Å². The average molecular weight is 254 g/mol. The Morgan fingerprint density at radius 3 is 2.84 bits per heavy atom. The number of hydrogen-bond acceptors (Lipinski definition) is 4. The molecule has 1 heterocycles. The van der Waals surface area contributed by atoms with E-state index in [0.29, 0.717) is 11.4 Å². The van der Waals surface area contributed by atoms with E-state index >= 15 is 0 Å². The maximum absolute atomic E-state index is 11.5. The van der Waals surface area contributed by atoms with Crippen LogP contribution in [0.15, 0.2) is 30.3 Å². The predicted octanol–water partition coefficient (Wildman–Crippen LogP) is 1.61. The van der Waals surface area contributed by atoms with Crippen molar-refractivity contribution in [2.45, 2.75) is 0 Å². The average Bonchev–Trinajstić information content (AvgIpc) is 2.43. The van der Waals surface area contributed by atoms with Crippen LogP contribution in [-0.2, 0) is 4.79 Å². The van der Waals surface area contributed by atoms with E-state index in [-0.39, 0.29) is 12.5 Å². The molecule has 2 aromatic rings. The van der Waals surface area contributed by atoms with Crippen LogP contribution in [0, 0.1) is 11.3 Å². The highest BCUT2D eigenvalue weighted by Gasteiger charge is 2.09. The Morgan fingerprint density at radius 1 is 1.42 bits per heavy atom. The second kappa shape index (κ2) is 5.36. The van der Waals surface area contributed by atoms with Crippen molar-refractivity contribution in [1.82, 2.24) is 9.88 Å². The normalized spacial score (nSPS) is 9.95. The second-order valence-corrected chi connectivity index (χ2v) is 4.33. The number of fused-ring (bicyclic) bond motifs is 1. The number of nitrogens with one attached hydrogen (secondary N) is 1. The predicted molar refractivity (Wildman–Crippen MR) is 73.6 cm³/mol. The van der Waals surface area contributed by atoms with Gasteiger partial charge in [0.2, 0.25) is 5.91 Å². The number of nitrogens with zero attached hydrogens (tertiary/aromatic N) is 3. The molecule has 1 aromatic heterocycles. The molecule has 5 heteroatoms. The molecule has 0 unspecified atom stereocenters. The molecule has 0 aliphatic heterocycles. The highest BCUT2D eigenvalue weighted by atomic mass is 16.2. The number of nitriles is 1. The van der Waals surface area contributed by atoms with Crippen molar-refractivity contribution in [3.8, 4) is 6.07 Å². The molecule has 1 N–H and O–H groups in total. The summed E-state index contributed by atoms with van der Waals surface area (Å²) in [4.78, 5) is 17.4. The number of anilines is 1. The fourth-order valence-corrected chi connectivity index (χ4v) is 1.65. The molecule has 96 valence electrons. The number of carbonyl (C=O) groups is 1. The van der Waals surface area contributed by atoms with Gasteiger partial charge in [-0.2, -0.15) is 5.26 Å². The minimum atomic E-state index is -0.0705. The fraction of sp³-hybridized carbons (Fsp3) is 0.214. The number of rotatable bonds is 3. The van der Waals surface area contributed by atoms with Crippen LogP contribution >= 0.6 is 0 Å². The Morgan fingerprint density at radius 2 is 2.16 bits per heavy atom. The van der Waals surface area contributed by atoms with Crippen molar-refractivity contribution in [2.24, 2.45) is 0 Å². The smallest absolute Gasteiger partial charge is 0.241 e. The van der Waals surface area contributed by atoms with E-state index in [9.17, 15) is 4.79 Å². The molecule has 0 aliphatic carbocycles. The molecule has 5 nitrogen and oxygen atoms in total. The van der Waals surface area contributed by atoms with E-state index in [1.54, 1.807) is 20.2 Å². The van der Waals surface area contributed by atoms with Gasteiger partial charge in [0.1, 0.15) is 11.9 Å². The summed E-state index contributed by atoms with van der Waals surface area (Å²) in [5.74, 6) is 0.371.